The molecule has 0 saturated heterocycles. The van der Waals surface area contributed by atoms with Crippen LogP contribution in [-0.4, -0.2) is 30.9 Å². The van der Waals surface area contributed by atoms with E-state index >= 15 is 0 Å². The Balaban J connectivity index is 2.44. The number of hydrogen-bond donors (Lipinski definition) is 2. The van der Waals surface area contributed by atoms with Crippen LogP contribution in [-0.2, 0) is 11.3 Å². The van der Waals surface area contributed by atoms with E-state index in [1.807, 2.05) is 31.3 Å². The van der Waals surface area contributed by atoms with Gasteiger partial charge in [0.05, 0.1) is 0 Å². The molecular formula is C16H27N3O. The molecule has 0 atom stereocenters. The normalized spacial score (nSPS) is 11.7. The van der Waals surface area contributed by atoms with Gasteiger partial charge in [0.2, 0.25) is 5.91 Å². The number of carbonyl (C=O) groups is 1. The van der Waals surface area contributed by atoms with Crippen LogP contribution in [0.1, 0.15) is 32.8 Å². The molecule has 1 rings (SSSR count). The fraction of sp³-hybridized carbons (Fsp3) is 0.562. The summed E-state index contributed by atoms with van der Waals surface area (Å²) < 4.78 is 0. The first kappa shape index (κ1) is 16.7. The summed E-state index contributed by atoms with van der Waals surface area (Å²) in [7, 11) is 2.05. The van der Waals surface area contributed by atoms with Gasteiger partial charge in [-0.2, -0.15) is 0 Å². The number of nitrogens with one attached hydrogen (secondary N) is 1. The lowest BCUT2D eigenvalue weighted by atomic mass is 9.96. The Morgan fingerprint density at radius 3 is 2.55 bits per heavy atom. The molecule has 1 aromatic carbocycles. The van der Waals surface area contributed by atoms with Gasteiger partial charge in [0.1, 0.15) is 0 Å². The molecule has 0 aliphatic heterocycles. The van der Waals surface area contributed by atoms with E-state index in [-0.39, 0.29) is 11.3 Å². The Morgan fingerprint density at radius 1 is 1.30 bits per heavy atom. The molecule has 0 unspecified atom stereocenters. The molecule has 4 nitrogen and oxygen atoms in total. The van der Waals surface area contributed by atoms with E-state index in [1.54, 1.807) is 0 Å². The Labute approximate surface area is 122 Å². The fourth-order valence-corrected chi connectivity index (χ4v) is 2.21. The summed E-state index contributed by atoms with van der Waals surface area (Å²) in [4.78, 5) is 14.2. The minimum Gasteiger partial charge on any atom is -0.326 e. The lowest BCUT2D eigenvalue weighted by Gasteiger charge is -2.26. The fourth-order valence-electron chi connectivity index (χ4n) is 2.21. The topological polar surface area (TPSA) is 58.4 Å². The number of para-hydroxylation sites is 1. The van der Waals surface area contributed by atoms with E-state index in [0.717, 1.165) is 24.3 Å². The predicted octanol–water partition coefficient (Wildman–Crippen LogP) is 2.45. The highest BCUT2D eigenvalue weighted by Gasteiger charge is 2.14. The third kappa shape index (κ3) is 6.17. The van der Waals surface area contributed by atoms with Crippen LogP contribution in [0.15, 0.2) is 24.3 Å². The molecule has 0 heterocycles. The minimum atomic E-state index is 0.0339. The molecule has 0 spiro atoms. The summed E-state index contributed by atoms with van der Waals surface area (Å²) >= 11 is 0. The number of amides is 1. The van der Waals surface area contributed by atoms with E-state index in [4.69, 9.17) is 5.73 Å². The van der Waals surface area contributed by atoms with Gasteiger partial charge in [-0.05, 0) is 24.1 Å². The second kappa shape index (κ2) is 7.41. The average molecular weight is 277 g/mol. The molecule has 0 aromatic heterocycles. The average Bonchev–Trinajstić information content (AvgIpc) is 2.35. The number of nitrogens with zero attached hydrogens (tertiary/aromatic N) is 1. The van der Waals surface area contributed by atoms with Crippen LogP contribution in [0.25, 0.3) is 0 Å². The summed E-state index contributed by atoms with van der Waals surface area (Å²) in [6.45, 7) is 8.75. The van der Waals surface area contributed by atoms with E-state index in [0.29, 0.717) is 13.0 Å². The van der Waals surface area contributed by atoms with Gasteiger partial charge in [0.25, 0.3) is 0 Å². The van der Waals surface area contributed by atoms with Crippen molar-refractivity contribution in [3.63, 3.8) is 0 Å². The zero-order valence-electron chi connectivity index (χ0n) is 13.1. The van der Waals surface area contributed by atoms with Gasteiger partial charge in [0, 0.05) is 31.7 Å². The van der Waals surface area contributed by atoms with Gasteiger partial charge in [0.15, 0.2) is 0 Å². The quantitative estimate of drug-likeness (QED) is 0.839. The van der Waals surface area contributed by atoms with Crippen molar-refractivity contribution in [3.05, 3.63) is 29.8 Å². The molecule has 0 fully saturated rings. The molecule has 20 heavy (non-hydrogen) atoms. The molecule has 0 radical (unpaired) electrons. The zero-order chi connectivity index (χ0) is 15.2. The zero-order valence-corrected chi connectivity index (χ0v) is 13.1. The molecule has 0 bridgehead atoms. The van der Waals surface area contributed by atoms with E-state index < -0.39 is 0 Å². The number of rotatable bonds is 6. The lowest BCUT2D eigenvalue weighted by molar-refractivity contribution is -0.116. The number of anilines is 1. The van der Waals surface area contributed by atoms with E-state index in [2.05, 4.69) is 31.0 Å². The highest BCUT2D eigenvalue weighted by Crippen LogP contribution is 2.15. The van der Waals surface area contributed by atoms with E-state index in [1.165, 1.54) is 0 Å². The van der Waals surface area contributed by atoms with Crippen molar-refractivity contribution in [1.29, 1.82) is 0 Å². The second-order valence-electron chi connectivity index (χ2n) is 6.46. The summed E-state index contributed by atoms with van der Waals surface area (Å²) in [5.74, 6) is 0.0339. The summed E-state index contributed by atoms with van der Waals surface area (Å²) in [5.41, 5.74) is 7.69. The van der Waals surface area contributed by atoms with Crippen LogP contribution in [0.4, 0.5) is 5.69 Å². The van der Waals surface area contributed by atoms with Crippen molar-refractivity contribution in [1.82, 2.24) is 4.90 Å². The Hall–Kier alpha value is -1.39. The van der Waals surface area contributed by atoms with Crippen LogP contribution < -0.4 is 11.1 Å². The second-order valence-corrected chi connectivity index (χ2v) is 6.46. The Morgan fingerprint density at radius 2 is 1.95 bits per heavy atom. The maximum absolute atomic E-state index is 12.0. The van der Waals surface area contributed by atoms with Crippen molar-refractivity contribution >= 4 is 11.6 Å². The summed E-state index contributed by atoms with van der Waals surface area (Å²) in [5, 5.41) is 2.93. The molecule has 3 N–H and O–H groups in total. The number of nitrogens with two attached hydrogens (primary N) is 1. The highest BCUT2D eigenvalue weighted by molar-refractivity contribution is 5.91. The van der Waals surface area contributed by atoms with Gasteiger partial charge in [-0.3, -0.25) is 4.79 Å². The third-order valence-electron chi connectivity index (χ3n) is 2.98. The van der Waals surface area contributed by atoms with Gasteiger partial charge in [-0.25, -0.2) is 0 Å². The molecule has 4 heteroatoms. The van der Waals surface area contributed by atoms with Crippen LogP contribution in [0.2, 0.25) is 0 Å². The molecule has 0 aliphatic rings. The summed E-state index contributed by atoms with van der Waals surface area (Å²) in [6, 6.07) is 7.65. The van der Waals surface area contributed by atoms with Crippen LogP contribution in [0, 0.1) is 5.41 Å². The van der Waals surface area contributed by atoms with Crippen LogP contribution in [0.3, 0.4) is 0 Å². The highest BCUT2D eigenvalue weighted by atomic mass is 16.1. The van der Waals surface area contributed by atoms with Crippen molar-refractivity contribution in [2.24, 2.45) is 11.1 Å². The van der Waals surface area contributed by atoms with E-state index in [9.17, 15) is 4.79 Å². The van der Waals surface area contributed by atoms with Gasteiger partial charge < -0.3 is 16.0 Å². The first-order valence-electron chi connectivity index (χ1n) is 7.08. The number of benzene rings is 1. The first-order valence-corrected chi connectivity index (χ1v) is 7.08. The Bertz CT molecular complexity index is 438. The first-order chi connectivity index (χ1) is 9.31. The van der Waals surface area contributed by atoms with Gasteiger partial charge >= 0.3 is 0 Å². The van der Waals surface area contributed by atoms with Gasteiger partial charge in [-0.1, -0.05) is 39.0 Å². The van der Waals surface area contributed by atoms with Crippen molar-refractivity contribution in [3.8, 4) is 0 Å². The largest absolute Gasteiger partial charge is 0.326 e. The van der Waals surface area contributed by atoms with Crippen molar-refractivity contribution < 1.29 is 4.79 Å². The minimum absolute atomic E-state index is 0.0339. The van der Waals surface area contributed by atoms with Crippen LogP contribution in [0.5, 0.6) is 0 Å². The molecule has 0 aliphatic carbocycles. The Kier molecular flexibility index (Phi) is 6.17. The molecule has 112 valence electrons. The molecule has 1 amide bonds. The maximum atomic E-state index is 12.0. The molecular weight excluding hydrogens is 250 g/mol. The molecule has 1 aromatic rings. The number of hydrogen-bond acceptors (Lipinski definition) is 3. The number of carbonyl (C=O) groups excluding carboxylic acids is 1. The van der Waals surface area contributed by atoms with Crippen molar-refractivity contribution in [2.45, 2.75) is 33.7 Å². The monoisotopic (exact) mass is 277 g/mol. The van der Waals surface area contributed by atoms with Crippen molar-refractivity contribution in [2.75, 3.05) is 25.5 Å². The van der Waals surface area contributed by atoms with Gasteiger partial charge in [-0.15, -0.1) is 0 Å². The SMILES string of the molecule is CN(CCC(=O)Nc1ccccc1CN)CC(C)(C)C. The third-order valence-corrected chi connectivity index (χ3v) is 2.98. The molecule has 0 saturated carbocycles. The summed E-state index contributed by atoms with van der Waals surface area (Å²) in [6.07, 6.45) is 0.492. The maximum Gasteiger partial charge on any atom is 0.225 e. The smallest absolute Gasteiger partial charge is 0.225 e. The standard InChI is InChI=1S/C16H27N3O/c1-16(2,3)12-19(4)10-9-15(20)18-14-8-6-5-7-13(14)11-17/h5-8H,9-12,17H2,1-4H3,(H,18,20). The lowest BCUT2D eigenvalue weighted by Crippen LogP contribution is -2.32. The predicted molar refractivity (Wildman–Crippen MR) is 84.5 cm³/mol. The van der Waals surface area contributed by atoms with Crippen LogP contribution >= 0.6 is 0 Å².